The van der Waals surface area contributed by atoms with Crippen molar-refractivity contribution in [2.75, 3.05) is 19.4 Å². The second kappa shape index (κ2) is 7.55. The van der Waals surface area contributed by atoms with E-state index in [2.05, 4.69) is 5.32 Å². The fraction of sp³-hybridized carbons (Fsp3) is 0.500. The number of benzene rings is 1. The van der Waals surface area contributed by atoms with Gasteiger partial charge in [0.05, 0.1) is 0 Å². The maximum Gasteiger partial charge on any atom is 0.339 e. The third kappa shape index (κ3) is 4.71. The summed E-state index contributed by atoms with van der Waals surface area (Å²) in [6, 6.07) is 3.91. The standard InChI is InChI=1S/C18H24N2O5/c1-20(2)16(23)11-18(7-3-4-8-18)10-15(22)19-12-5-6-14(21)13(9-12)17(24)25/h5-6,9,21H,3-4,7-8,10-11H2,1-2H3,(H,19,22)(H,24,25). The second-order valence-corrected chi connectivity index (χ2v) is 6.93. The smallest absolute Gasteiger partial charge is 0.339 e. The highest BCUT2D eigenvalue weighted by Gasteiger charge is 2.38. The van der Waals surface area contributed by atoms with E-state index in [0.29, 0.717) is 12.1 Å². The number of aromatic carboxylic acids is 1. The topological polar surface area (TPSA) is 107 Å². The van der Waals surface area contributed by atoms with Gasteiger partial charge < -0.3 is 20.4 Å². The second-order valence-electron chi connectivity index (χ2n) is 6.93. The Hall–Kier alpha value is -2.57. The molecule has 1 aliphatic rings. The van der Waals surface area contributed by atoms with E-state index in [1.54, 1.807) is 14.1 Å². The van der Waals surface area contributed by atoms with Crippen LogP contribution in [-0.2, 0) is 9.59 Å². The molecule has 1 aliphatic carbocycles. The lowest BCUT2D eigenvalue weighted by Crippen LogP contribution is -2.32. The molecule has 0 aromatic heterocycles. The van der Waals surface area contributed by atoms with Crippen LogP contribution in [0.2, 0.25) is 0 Å². The van der Waals surface area contributed by atoms with Gasteiger partial charge in [0.1, 0.15) is 11.3 Å². The van der Waals surface area contributed by atoms with E-state index in [9.17, 15) is 19.5 Å². The summed E-state index contributed by atoms with van der Waals surface area (Å²) in [6.07, 6.45) is 4.21. The largest absolute Gasteiger partial charge is 0.507 e. The van der Waals surface area contributed by atoms with E-state index in [0.717, 1.165) is 25.7 Å². The van der Waals surface area contributed by atoms with Crippen molar-refractivity contribution < 1.29 is 24.6 Å². The number of anilines is 1. The molecule has 0 unspecified atom stereocenters. The van der Waals surface area contributed by atoms with Gasteiger partial charge in [0.2, 0.25) is 11.8 Å². The van der Waals surface area contributed by atoms with Crippen molar-refractivity contribution in [2.24, 2.45) is 5.41 Å². The molecule has 0 bridgehead atoms. The van der Waals surface area contributed by atoms with Crippen molar-refractivity contribution in [3.05, 3.63) is 23.8 Å². The Balaban J connectivity index is 2.08. The zero-order chi connectivity index (χ0) is 18.6. The molecule has 25 heavy (non-hydrogen) atoms. The van der Waals surface area contributed by atoms with Crippen LogP contribution in [0.25, 0.3) is 0 Å². The number of rotatable bonds is 6. The highest BCUT2D eigenvalue weighted by molar-refractivity contribution is 5.96. The van der Waals surface area contributed by atoms with Crippen LogP contribution in [0.5, 0.6) is 5.75 Å². The van der Waals surface area contributed by atoms with E-state index in [-0.39, 0.29) is 35.0 Å². The molecule has 0 radical (unpaired) electrons. The highest BCUT2D eigenvalue weighted by Crippen LogP contribution is 2.44. The van der Waals surface area contributed by atoms with Crippen LogP contribution in [0, 0.1) is 5.41 Å². The summed E-state index contributed by atoms with van der Waals surface area (Å²) in [5, 5.41) is 21.2. The molecule has 0 saturated heterocycles. The Kier molecular flexibility index (Phi) is 5.66. The van der Waals surface area contributed by atoms with Gasteiger partial charge in [0.25, 0.3) is 0 Å². The average molecular weight is 348 g/mol. The number of phenols is 1. The molecule has 0 spiro atoms. The molecule has 0 aliphatic heterocycles. The predicted octanol–water partition coefficient (Wildman–Crippen LogP) is 2.46. The number of carbonyl (C=O) groups is 3. The number of carboxylic acid groups (broad SMARTS) is 1. The Morgan fingerprint density at radius 1 is 1.16 bits per heavy atom. The van der Waals surface area contributed by atoms with Gasteiger partial charge in [0.15, 0.2) is 0 Å². The van der Waals surface area contributed by atoms with Crippen molar-refractivity contribution in [1.82, 2.24) is 4.90 Å². The minimum absolute atomic E-state index is 0.00694. The fourth-order valence-corrected chi connectivity index (χ4v) is 3.35. The molecule has 136 valence electrons. The zero-order valence-electron chi connectivity index (χ0n) is 14.5. The number of hydrogen-bond donors (Lipinski definition) is 3. The number of carboxylic acids is 1. The first kappa shape index (κ1) is 18.8. The first-order valence-corrected chi connectivity index (χ1v) is 8.29. The lowest BCUT2D eigenvalue weighted by molar-refractivity contribution is -0.131. The van der Waals surface area contributed by atoms with Crippen LogP contribution in [-0.4, -0.2) is 47.0 Å². The van der Waals surface area contributed by atoms with Crippen LogP contribution in [0.3, 0.4) is 0 Å². The lowest BCUT2D eigenvalue weighted by Gasteiger charge is -2.29. The summed E-state index contributed by atoms with van der Waals surface area (Å²) in [6.45, 7) is 0. The number of aromatic hydroxyl groups is 1. The van der Waals surface area contributed by atoms with Gasteiger partial charge in [-0.3, -0.25) is 9.59 Å². The minimum Gasteiger partial charge on any atom is -0.507 e. The van der Waals surface area contributed by atoms with Crippen molar-refractivity contribution in [3.8, 4) is 5.75 Å². The third-order valence-corrected chi connectivity index (χ3v) is 4.74. The Morgan fingerprint density at radius 3 is 2.36 bits per heavy atom. The molecule has 7 heteroatoms. The number of amides is 2. The van der Waals surface area contributed by atoms with Gasteiger partial charge in [-0.05, 0) is 36.5 Å². The lowest BCUT2D eigenvalue weighted by atomic mass is 9.78. The molecular formula is C18H24N2O5. The van der Waals surface area contributed by atoms with E-state index in [1.807, 2.05) is 0 Å². The van der Waals surface area contributed by atoms with Crippen molar-refractivity contribution in [3.63, 3.8) is 0 Å². The summed E-state index contributed by atoms with van der Waals surface area (Å²) < 4.78 is 0. The van der Waals surface area contributed by atoms with Gasteiger partial charge >= 0.3 is 5.97 Å². The molecular weight excluding hydrogens is 324 g/mol. The summed E-state index contributed by atoms with van der Waals surface area (Å²) in [5.74, 6) is -1.87. The summed E-state index contributed by atoms with van der Waals surface area (Å²) in [4.78, 5) is 37.1. The molecule has 2 amide bonds. The van der Waals surface area contributed by atoms with Gasteiger partial charge in [-0.1, -0.05) is 12.8 Å². The zero-order valence-corrected chi connectivity index (χ0v) is 14.5. The third-order valence-electron chi connectivity index (χ3n) is 4.74. The molecule has 2 rings (SSSR count). The quantitative estimate of drug-likeness (QED) is 0.685. The van der Waals surface area contributed by atoms with E-state index in [4.69, 9.17) is 5.11 Å². The van der Waals surface area contributed by atoms with Gasteiger partial charge in [-0.15, -0.1) is 0 Å². The number of hydrogen-bond acceptors (Lipinski definition) is 4. The predicted molar refractivity (Wildman–Crippen MR) is 92.5 cm³/mol. The Morgan fingerprint density at radius 2 is 1.80 bits per heavy atom. The van der Waals surface area contributed by atoms with E-state index >= 15 is 0 Å². The molecule has 3 N–H and O–H groups in total. The maximum absolute atomic E-state index is 12.4. The number of nitrogens with one attached hydrogen (secondary N) is 1. The maximum atomic E-state index is 12.4. The molecule has 1 aromatic rings. The molecule has 1 saturated carbocycles. The number of carbonyl (C=O) groups excluding carboxylic acids is 2. The van der Waals surface area contributed by atoms with Crippen LogP contribution in [0.15, 0.2) is 18.2 Å². The summed E-state index contributed by atoms with van der Waals surface area (Å²) in [7, 11) is 3.41. The average Bonchev–Trinajstić information content (AvgIpc) is 2.96. The molecule has 0 atom stereocenters. The van der Waals surface area contributed by atoms with Crippen LogP contribution in [0.4, 0.5) is 5.69 Å². The van der Waals surface area contributed by atoms with Gasteiger partial charge in [-0.25, -0.2) is 4.79 Å². The van der Waals surface area contributed by atoms with E-state index < -0.39 is 5.97 Å². The SMILES string of the molecule is CN(C)C(=O)CC1(CC(=O)Nc2ccc(O)c(C(=O)O)c2)CCCC1. The Labute approximate surface area is 146 Å². The van der Waals surface area contributed by atoms with Crippen LogP contribution >= 0.6 is 0 Å². The molecule has 0 heterocycles. The van der Waals surface area contributed by atoms with Crippen LogP contribution in [0.1, 0.15) is 48.9 Å². The van der Waals surface area contributed by atoms with Crippen molar-refractivity contribution >= 4 is 23.5 Å². The minimum atomic E-state index is -1.27. The van der Waals surface area contributed by atoms with E-state index in [1.165, 1.54) is 23.1 Å². The van der Waals surface area contributed by atoms with Crippen LogP contribution < -0.4 is 5.32 Å². The van der Waals surface area contributed by atoms with Crippen molar-refractivity contribution in [1.29, 1.82) is 0 Å². The van der Waals surface area contributed by atoms with Gasteiger partial charge in [0, 0.05) is 32.6 Å². The molecule has 1 fully saturated rings. The highest BCUT2D eigenvalue weighted by atomic mass is 16.4. The fourth-order valence-electron chi connectivity index (χ4n) is 3.35. The first-order valence-electron chi connectivity index (χ1n) is 8.29. The normalized spacial score (nSPS) is 15.6. The monoisotopic (exact) mass is 348 g/mol. The van der Waals surface area contributed by atoms with Gasteiger partial charge in [-0.2, -0.15) is 0 Å². The molecule has 1 aromatic carbocycles. The van der Waals surface area contributed by atoms with Crippen molar-refractivity contribution in [2.45, 2.75) is 38.5 Å². The first-order chi connectivity index (χ1) is 11.7. The summed E-state index contributed by atoms with van der Waals surface area (Å²) >= 11 is 0. The molecule has 7 nitrogen and oxygen atoms in total. The Bertz CT molecular complexity index is 678. The summed E-state index contributed by atoms with van der Waals surface area (Å²) in [5.41, 5.74) is -0.290. The number of nitrogens with zero attached hydrogens (tertiary/aromatic N) is 1.